The Bertz CT molecular complexity index is 798. The highest BCUT2D eigenvalue weighted by Crippen LogP contribution is 2.38. The van der Waals surface area contributed by atoms with Gasteiger partial charge in [-0.15, -0.1) is 0 Å². The first-order valence-corrected chi connectivity index (χ1v) is 6.98. The van der Waals surface area contributed by atoms with E-state index >= 15 is 0 Å². The lowest BCUT2D eigenvalue weighted by Crippen LogP contribution is -2.52. The first kappa shape index (κ1) is 19.7. The molecule has 0 aliphatic carbocycles. The Kier molecular flexibility index (Phi) is 5.16. The number of halogens is 6. The predicted octanol–water partition coefficient (Wildman–Crippen LogP) is 2.27. The van der Waals surface area contributed by atoms with E-state index in [1.165, 1.54) is 6.07 Å². The van der Waals surface area contributed by atoms with Gasteiger partial charge < -0.3 is 4.74 Å². The van der Waals surface area contributed by atoms with Gasteiger partial charge in [-0.3, -0.25) is 4.55 Å². The van der Waals surface area contributed by atoms with Crippen LogP contribution >= 0.6 is 0 Å². The van der Waals surface area contributed by atoms with E-state index in [2.05, 4.69) is 4.74 Å². The van der Waals surface area contributed by atoms with E-state index in [1.807, 2.05) is 0 Å². The third-order valence-corrected chi connectivity index (χ3v) is 3.40. The number of nitriles is 1. The Balaban J connectivity index is 3.24. The molecule has 0 bridgehead atoms. The Morgan fingerprint density at radius 3 is 2.17 bits per heavy atom. The van der Waals surface area contributed by atoms with E-state index in [-0.39, 0.29) is 6.07 Å². The fourth-order valence-electron chi connectivity index (χ4n) is 1.37. The van der Waals surface area contributed by atoms with Crippen LogP contribution < -0.4 is 0 Å². The second-order valence-corrected chi connectivity index (χ2v) is 5.66. The van der Waals surface area contributed by atoms with E-state index in [0.29, 0.717) is 12.1 Å². The van der Waals surface area contributed by atoms with Crippen molar-refractivity contribution < 1.29 is 48.8 Å². The molecule has 0 saturated heterocycles. The van der Waals surface area contributed by atoms with Crippen molar-refractivity contribution in [2.45, 2.75) is 17.5 Å². The molecule has 1 aromatic carbocycles. The van der Waals surface area contributed by atoms with Crippen molar-refractivity contribution in [2.75, 3.05) is 0 Å². The maximum atomic E-state index is 13.3. The average molecular weight is 377 g/mol. The standard InChI is InChI=1S/C11H5F6NO5S/c12-7-3-5(1-2-6(7)4-18)8(19)23-9(10(13,14)15)11(16,17)24(20,21)22/h1-3,9H,(H,20,21,22). The molecule has 0 heterocycles. The molecule has 0 aliphatic rings. The molecule has 6 nitrogen and oxygen atoms in total. The van der Waals surface area contributed by atoms with Crippen molar-refractivity contribution in [3.8, 4) is 6.07 Å². The van der Waals surface area contributed by atoms with Gasteiger partial charge in [0.05, 0.1) is 11.1 Å². The maximum Gasteiger partial charge on any atom is 0.432 e. The average Bonchev–Trinajstić information content (AvgIpc) is 2.41. The van der Waals surface area contributed by atoms with Crippen molar-refractivity contribution in [2.24, 2.45) is 0 Å². The largest absolute Gasteiger partial charge is 0.441 e. The van der Waals surface area contributed by atoms with Crippen molar-refractivity contribution in [3.63, 3.8) is 0 Å². The zero-order chi connectivity index (χ0) is 18.9. The summed E-state index contributed by atoms with van der Waals surface area (Å²) in [7, 11) is -6.58. The number of benzene rings is 1. The molecule has 0 saturated carbocycles. The monoisotopic (exact) mass is 377 g/mol. The zero-order valence-corrected chi connectivity index (χ0v) is 11.8. The highest BCUT2D eigenvalue weighted by atomic mass is 32.2. The number of hydrogen-bond acceptors (Lipinski definition) is 5. The zero-order valence-electron chi connectivity index (χ0n) is 11.0. The highest BCUT2D eigenvalue weighted by molar-refractivity contribution is 7.86. The quantitative estimate of drug-likeness (QED) is 0.490. The van der Waals surface area contributed by atoms with Crippen LogP contribution in [0.1, 0.15) is 15.9 Å². The summed E-state index contributed by atoms with van der Waals surface area (Å²) < 4.78 is 110. The molecular formula is C11H5F6NO5S. The number of hydrogen-bond donors (Lipinski definition) is 1. The van der Waals surface area contributed by atoms with Crippen LogP contribution in [0.5, 0.6) is 0 Å². The van der Waals surface area contributed by atoms with E-state index in [4.69, 9.17) is 9.81 Å². The minimum absolute atomic E-state index is 0.236. The van der Waals surface area contributed by atoms with Gasteiger partial charge in [0.2, 0.25) is 0 Å². The van der Waals surface area contributed by atoms with E-state index in [0.717, 1.165) is 0 Å². The summed E-state index contributed by atoms with van der Waals surface area (Å²) in [6, 6.07) is 2.83. The molecule has 132 valence electrons. The molecule has 0 aliphatic heterocycles. The molecule has 0 amide bonds. The molecule has 1 atom stereocenters. The molecule has 0 fully saturated rings. The van der Waals surface area contributed by atoms with Crippen LogP contribution in [0, 0.1) is 17.1 Å². The SMILES string of the molecule is N#Cc1ccc(C(=O)OC(C(F)(F)F)C(F)(F)S(=O)(=O)O)cc1F. The van der Waals surface area contributed by atoms with Crippen LogP contribution in [0.15, 0.2) is 18.2 Å². The van der Waals surface area contributed by atoms with Crippen LogP contribution in [0.3, 0.4) is 0 Å². The number of nitrogens with zero attached hydrogens (tertiary/aromatic N) is 1. The summed E-state index contributed by atoms with van der Waals surface area (Å²) in [4.78, 5) is 11.4. The Labute approximate surface area is 130 Å². The fourth-order valence-corrected chi connectivity index (χ4v) is 1.82. The van der Waals surface area contributed by atoms with Crippen LogP contribution in [0.2, 0.25) is 0 Å². The Morgan fingerprint density at radius 1 is 1.25 bits per heavy atom. The maximum absolute atomic E-state index is 13.3. The lowest BCUT2D eigenvalue weighted by molar-refractivity contribution is -0.248. The number of carbonyl (C=O) groups is 1. The Morgan fingerprint density at radius 2 is 1.79 bits per heavy atom. The van der Waals surface area contributed by atoms with Crippen molar-refractivity contribution in [1.29, 1.82) is 5.26 Å². The van der Waals surface area contributed by atoms with Gasteiger partial charge in [-0.25, -0.2) is 9.18 Å². The third-order valence-electron chi connectivity index (χ3n) is 2.50. The summed E-state index contributed by atoms with van der Waals surface area (Å²) in [6.45, 7) is 0. The predicted molar refractivity (Wildman–Crippen MR) is 62.9 cm³/mol. The van der Waals surface area contributed by atoms with Crippen molar-refractivity contribution in [1.82, 2.24) is 0 Å². The third kappa shape index (κ3) is 3.95. The van der Waals surface area contributed by atoms with E-state index in [9.17, 15) is 39.6 Å². The number of alkyl halides is 5. The van der Waals surface area contributed by atoms with Crippen molar-refractivity contribution >= 4 is 16.1 Å². The van der Waals surface area contributed by atoms with Crippen LogP contribution in [-0.4, -0.2) is 36.5 Å². The van der Waals surface area contributed by atoms with Crippen LogP contribution in [-0.2, 0) is 14.9 Å². The molecule has 1 unspecified atom stereocenters. The van der Waals surface area contributed by atoms with Gasteiger partial charge in [-0.1, -0.05) is 0 Å². The van der Waals surface area contributed by atoms with E-state index in [1.54, 1.807) is 0 Å². The van der Waals surface area contributed by atoms with Crippen LogP contribution in [0.4, 0.5) is 26.3 Å². The van der Waals surface area contributed by atoms with Gasteiger partial charge in [-0.05, 0) is 18.2 Å². The summed E-state index contributed by atoms with van der Waals surface area (Å²) >= 11 is 0. The number of rotatable bonds is 4. The summed E-state index contributed by atoms with van der Waals surface area (Å²) in [5.74, 6) is -3.50. The molecule has 13 heteroatoms. The molecule has 0 aromatic heterocycles. The highest BCUT2D eigenvalue weighted by Gasteiger charge is 2.66. The molecule has 1 N–H and O–H groups in total. The first-order valence-electron chi connectivity index (χ1n) is 5.54. The molecule has 24 heavy (non-hydrogen) atoms. The minimum atomic E-state index is -6.58. The van der Waals surface area contributed by atoms with Crippen molar-refractivity contribution in [3.05, 3.63) is 35.1 Å². The number of esters is 1. The number of carbonyl (C=O) groups excluding carboxylic acids is 1. The smallest absolute Gasteiger partial charge is 0.432 e. The van der Waals surface area contributed by atoms with Gasteiger partial charge in [-0.2, -0.15) is 35.6 Å². The fraction of sp³-hybridized carbons (Fsp3) is 0.273. The van der Waals surface area contributed by atoms with Gasteiger partial charge >= 0.3 is 27.5 Å². The second kappa shape index (κ2) is 6.29. The Hall–Kier alpha value is -2.33. The van der Waals surface area contributed by atoms with Gasteiger partial charge in [0.25, 0.3) is 6.10 Å². The summed E-state index contributed by atoms with van der Waals surface area (Å²) in [6.07, 6.45) is -10.6. The summed E-state index contributed by atoms with van der Waals surface area (Å²) in [5, 5.41) is 2.55. The lowest BCUT2D eigenvalue weighted by atomic mass is 10.1. The van der Waals surface area contributed by atoms with Gasteiger partial charge in [0, 0.05) is 0 Å². The molecule has 0 radical (unpaired) electrons. The lowest BCUT2D eigenvalue weighted by Gasteiger charge is -2.26. The molecule has 1 aromatic rings. The van der Waals surface area contributed by atoms with Gasteiger partial charge in [0.15, 0.2) is 0 Å². The van der Waals surface area contributed by atoms with E-state index < -0.39 is 50.6 Å². The minimum Gasteiger partial charge on any atom is -0.441 e. The molecular weight excluding hydrogens is 372 g/mol. The summed E-state index contributed by atoms with van der Waals surface area (Å²) in [5.41, 5.74) is -1.59. The topological polar surface area (TPSA) is 104 Å². The second-order valence-electron chi connectivity index (χ2n) is 4.17. The molecule has 0 spiro atoms. The number of ether oxygens (including phenoxy) is 1. The van der Waals surface area contributed by atoms with Gasteiger partial charge in [0.1, 0.15) is 11.9 Å². The molecule has 1 rings (SSSR count). The normalized spacial score (nSPS) is 13.9. The van der Waals surface area contributed by atoms with Crippen LogP contribution in [0.25, 0.3) is 0 Å². The first-order chi connectivity index (χ1) is 10.7.